The van der Waals surface area contributed by atoms with Crippen molar-refractivity contribution in [2.24, 2.45) is 0 Å². The van der Waals surface area contributed by atoms with Gasteiger partial charge in [-0.1, -0.05) is 49.1 Å². The third-order valence-corrected chi connectivity index (χ3v) is 5.26. The van der Waals surface area contributed by atoms with Crippen LogP contribution in [0.4, 0.5) is 0 Å². The van der Waals surface area contributed by atoms with Gasteiger partial charge in [-0.2, -0.15) is 4.98 Å². The van der Waals surface area contributed by atoms with Gasteiger partial charge >= 0.3 is 0 Å². The van der Waals surface area contributed by atoms with Crippen molar-refractivity contribution in [2.45, 2.75) is 50.3 Å². The Morgan fingerprint density at radius 2 is 1.89 bits per heavy atom. The number of hydrazine groups is 1. The molecule has 1 aromatic carbocycles. The van der Waals surface area contributed by atoms with Gasteiger partial charge in [0.05, 0.1) is 10.8 Å². The molecular weight excluding hydrogens is 423 g/mol. The summed E-state index contributed by atoms with van der Waals surface area (Å²) in [5.74, 6) is 0.585. The fraction of sp³-hybridized carbons (Fsp3) is 0.444. The Kier molecular flexibility index (Phi) is 8.15. The van der Waals surface area contributed by atoms with E-state index in [2.05, 4.69) is 21.0 Å². The molecule has 0 atom stereocenters. The topological polar surface area (TPSA) is 97.1 Å². The second-order valence-corrected chi connectivity index (χ2v) is 8.94. The van der Waals surface area contributed by atoms with Crippen LogP contribution in [0.1, 0.15) is 45.3 Å². The normalized spacial score (nSPS) is 11.3. The molecule has 2 amide bonds. The van der Waals surface area contributed by atoms with Crippen LogP contribution < -0.4 is 10.9 Å². The first-order chi connectivity index (χ1) is 13.1. The SMILES string of the molecule is CC(C)(C)c1noc(CCCC(=O)NNC(=O)CSc2cc(Cl)ccc2Cl)n1. The quantitative estimate of drug-likeness (QED) is 0.495. The third-order valence-electron chi connectivity index (χ3n) is 3.53. The van der Waals surface area contributed by atoms with E-state index < -0.39 is 0 Å². The number of thioether (sulfide) groups is 1. The van der Waals surface area contributed by atoms with Crippen LogP contribution in [0, 0.1) is 0 Å². The fourth-order valence-corrected chi connectivity index (χ4v) is 3.32. The summed E-state index contributed by atoms with van der Waals surface area (Å²) < 4.78 is 5.18. The number of aryl methyl sites for hydroxylation is 1. The van der Waals surface area contributed by atoms with Crippen molar-refractivity contribution >= 4 is 46.8 Å². The maximum atomic E-state index is 11.9. The highest BCUT2D eigenvalue weighted by Gasteiger charge is 2.20. The second-order valence-electron chi connectivity index (χ2n) is 7.08. The maximum Gasteiger partial charge on any atom is 0.248 e. The molecule has 7 nitrogen and oxygen atoms in total. The number of rotatable bonds is 7. The van der Waals surface area contributed by atoms with Crippen molar-refractivity contribution in [3.05, 3.63) is 40.0 Å². The van der Waals surface area contributed by atoms with Crippen LogP contribution in [-0.4, -0.2) is 27.7 Å². The zero-order chi connectivity index (χ0) is 20.7. The van der Waals surface area contributed by atoms with E-state index in [9.17, 15) is 9.59 Å². The number of halogens is 2. The van der Waals surface area contributed by atoms with Gasteiger partial charge in [0, 0.05) is 28.2 Å². The van der Waals surface area contributed by atoms with Gasteiger partial charge in [-0.3, -0.25) is 20.4 Å². The lowest BCUT2D eigenvalue weighted by Crippen LogP contribution is -2.42. The lowest BCUT2D eigenvalue weighted by atomic mass is 9.96. The van der Waals surface area contributed by atoms with Gasteiger partial charge in [0.15, 0.2) is 5.82 Å². The summed E-state index contributed by atoms with van der Waals surface area (Å²) in [5, 5.41) is 4.99. The number of amides is 2. The number of hydrogen-bond acceptors (Lipinski definition) is 6. The van der Waals surface area contributed by atoms with Crippen LogP contribution in [-0.2, 0) is 21.4 Å². The molecule has 0 bridgehead atoms. The number of nitrogens with zero attached hydrogens (tertiary/aromatic N) is 2. The maximum absolute atomic E-state index is 11.9. The minimum absolute atomic E-state index is 0.0951. The molecule has 0 aliphatic heterocycles. The summed E-state index contributed by atoms with van der Waals surface area (Å²) in [6.45, 7) is 5.99. The van der Waals surface area contributed by atoms with Crippen molar-refractivity contribution in [1.82, 2.24) is 21.0 Å². The van der Waals surface area contributed by atoms with Crippen LogP contribution in [0.25, 0.3) is 0 Å². The van der Waals surface area contributed by atoms with Crippen LogP contribution in [0.15, 0.2) is 27.6 Å². The molecule has 0 aliphatic carbocycles. The number of benzene rings is 1. The highest BCUT2D eigenvalue weighted by Crippen LogP contribution is 2.29. The Hall–Kier alpha value is -1.77. The average Bonchev–Trinajstić information content (AvgIpc) is 3.10. The van der Waals surface area contributed by atoms with Crippen molar-refractivity contribution in [3.63, 3.8) is 0 Å². The zero-order valence-electron chi connectivity index (χ0n) is 15.8. The number of hydrogen-bond donors (Lipinski definition) is 2. The summed E-state index contributed by atoms with van der Waals surface area (Å²) in [5.41, 5.74) is 4.57. The van der Waals surface area contributed by atoms with Crippen molar-refractivity contribution < 1.29 is 14.1 Å². The molecular formula is C18H22Cl2N4O3S. The molecule has 0 saturated carbocycles. The molecule has 152 valence electrons. The van der Waals surface area contributed by atoms with Gasteiger partial charge in [-0.05, 0) is 24.6 Å². The van der Waals surface area contributed by atoms with E-state index in [0.29, 0.717) is 39.5 Å². The first kappa shape index (κ1) is 22.5. The van der Waals surface area contributed by atoms with Gasteiger partial charge in [-0.15, -0.1) is 11.8 Å². The molecule has 0 saturated heterocycles. The number of carbonyl (C=O) groups excluding carboxylic acids is 2. The largest absolute Gasteiger partial charge is 0.339 e. The fourth-order valence-electron chi connectivity index (χ4n) is 2.03. The third kappa shape index (κ3) is 7.33. The molecule has 2 aromatic rings. The van der Waals surface area contributed by atoms with E-state index >= 15 is 0 Å². The highest BCUT2D eigenvalue weighted by atomic mass is 35.5. The Morgan fingerprint density at radius 3 is 2.57 bits per heavy atom. The molecule has 28 heavy (non-hydrogen) atoms. The van der Waals surface area contributed by atoms with Crippen molar-refractivity contribution in [1.29, 1.82) is 0 Å². The highest BCUT2D eigenvalue weighted by molar-refractivity contribution is 8.00. The minimum Gasteiger partial charge on any atom is -0.339 e. The van der Waals surface area contributed by atoms with E-state index in [1.807, 2.05) is 20.8 Å². The van der Waals surface area contributed by atoms with E-state index in [4.69, 9.17) is 27.7 Å². The Balaban J connectivity index is 1.66. The Labute approximate surface area is 177 Å². The van der Waals surface area contributed by atoms with Crippen molar-refractivity contribution in [2.75, 3.05) is 5.75 Å². The number of nitrogens with one attached hydrogen (secondary N) is 2. The molecule has 0 aliphatic rings. The van der Waals surface area contributed by atoms with Gasteiger partial charge in [0.2, 0.25) is 17.7 Å². The van der Waals surface area contributed by atoms with E-state index in [1.165, 1.54) is 11.8 Å². The second kappa shape index (κ2) is 10.1. The summed E-state index contributed by atoms with van der Waals surface area (Å²) in [6.07, 6.45) is 1.24. The molecule has 2 rings (SSSR count). The molecule has 0 spiro atoms. The van der Waals surface area contributed by atoms with Crippen molar-refractivity contribution in [3.8, 4) is 0 Å². The molecule has 1 heterocycles. The monoisotopic (exact) mass is 444 g/mol. The zero-order valence-corrected chi connectivity index (χ0v) is 18.2. The summed E-state index contributed by atoms with van der Waals surface area (Å²) in [7, 11) is 0. The van der Waals surface area contributed by atoms with Gasteiger partial charge in [0.25, 0.3) is 0 Å². The lowest BCUT2D eigenvalue weighted by molar-refractivity contribution is -0.127. The summed E-state index contributed by atoms with van der Waals surface area (Å²) in [4.78, 5) is 28.7. The van der Waals surface area contributed by atoms with E-state index in [0.717, 1.165) is 0 Å². The first-order valence-corrected chi connectivity index (χ1v) is 10.4. The average molecular weight is 445 g/mol. The van der Waals surface area contributed by atoms with Crippen LogP contribution in [0.2, 0.25) is 10.0 Å². The predicted octanol–water partition coefficient (Wildman–Crippen LogP) is 3.94. The number of aromatic nitrogens is 2. The van der Waals surface area contributed by atoms with Crippen LogP contribution in [0.3, 0.4) is 0 Å². The number of carbonyl (C=O) groups is 2. The molecule has 1 aromatic heterocycles. The first-order valence-electron chi connectivity index (χ1n) is 8.64. The predicted molar refractivity (Wildman–Crippen MR) is 109 cm³/mol. The minimum atomic E-state index is -0.346. The van der Waals surface area contributed by atoms with E-state index in [1.54, 1.807) is 18.2 Å². The molecule has 0 fully saturated rings. The van der Waals surface area contributed by atoms with Crippen LogP contribution in [0.5, 0.6) is 0 Å². The smallest absolute Gasteiger partial charge is 0.248 e. The van der Waals surface area contributed by atoms with Gasteiger partial charge in [-0.25, -0.2) is 0 Å². The molecule has 10 heteroatoms. The Morgan fingerprint density at radius 1 is 1.18 bits per heavy atom. The van der Waals surface area contributed by atoms with Gasteiger partial charge < -0.3 is 4.52 Å². The van der Waals surface area contributed by atoms with E-state index in [-0.39, 0.29) is 29.4 Å². The molecule has 0 radical (unpaired) electrons. The molecule has 0 unspecified atom stereocenters. The molecule has 2 N–H and O–H groups in total. The summed E-state index contributed by atoms with van der Waals surface area (Å²) in [6, 6.07) is 5.02. The lowest BCUT2D eigenvalue weighted by Gasteiger charge is -2.10. The van der Waals surface area contributed by atoms with Gasteiger partial charge in [0.1, 0.15) is 0 Å². The Bertz CT molecular complexity index is 836. The van der Waals surface area contributed by atoms with Crippen LogP contribution >= 0.6 is 35.0 Å². The summed E-state index contributed by atoms with van der Waals surface area (Å²) >= 11 is 13.2. The standard InChI is InChI=1S/C18H22Cl2N4O3S/c1-18(2,3)17-21-16(27-24-17)6-4-5-14(25)22-23-15(26)10-28-13-9-11(19)7-8-12(13)20/h7-9H,4-6,10H2,1-3H3,(H,22,25)(H,23,26).